The maximum Gasteiger partial charge on any atom is 0.209 e. The largest absolute Gasteiger partial charge is 0.325 e. The SMILES string of the molecule is Cc1cccc([C@H]2C=C(c3ccc(C)c(C)c3)Nc3nc4ccccc4n32)c1. The van der Waals surface area contributed by atoms with Crippen molar-refractivity contribution in [3.05, 3.63) is 101 Å². The number of hydrogen-bond donors (Lipinski definition) is 1. The molecule has 1 aliphatic heterocycles. The van der Waals surface area contributed by atoms with Gasteiger partial charge in [-0.2, -0.15) is 0 Å². The number of fused-ring (bicyclic) bond motifs is 3. The van der Waals surface area contributed by atoms with Gasteiger partial charge in [-0.05, 0) is 67.3 Å². The van der Waals surface area contributed by atoms with E-state index < -0.39 is 0 Å². The van der Waals surface area contributed by atoms with Crippen LogP contribution in [0.15, 0.2) is 72.8 Å². The number of para-hydroxylation sites is 2. The van der Waals surface area contributed by atoms with Crippen LogP contribution in [-0.4, -0.2) is 9.55 Å². The van der Waals surface area contributed by atoms with Crippen molar-refractivity contribution in [2.75, 3.05) is 5.32 Å². The smallest absolute Gasteiger partial charge is 0.209 e. The minimum atomic E-state index is 0.0974. The van der Waals surface area contributed by atoms with Gasteiger partial charge in [-0.3, -0.25) is 4.57 Å². The molecule has 0 radical (unpaired) electrons. The molecule has 5 rings (SSSR count). The van der Waals surface area contributed by atoms with Crippen LogP contribution < -0.4 is 5.32 Å². The van der Waals surface area contributed by atoms with E-state index in [2.05, 4.69) is 97.4 Å². The summed E-state index contributed by atoms with van der Waals surface area (Å²) in [5.74, 6) is 0.892. The Hall–Kier alpha value is -3.33. The zero-order valence-corrected chi connectivity index (χ0v) is 16.4. The highest BCUT2D eigenvalue weighted by Crippen LogP contribution is 2.37. The van der Waals surface area contributed by atoms with Gasteiger partial charge in [-0.15, -0.1) is 0 Å². The van der Waals surface area contributed by atoms with Crippen molar-refractivity contribution in [1.82, 2.24) is 9.55 Å². The van der Waals surface area contributed by atoms with E-state index in [1.165, 1.54) is 27.8 Å². The first-order valence-corrected chi connectivity index (χ1v) is 9.70. The van der Waals surface area contributed by atoms with Gasteiger partial charge in [-0.1, -0.05) is 54.1 Å². The van der Waals surface area contributed by atoms with Crippen molar-refractivity contribution >= 4 is 22.7 Å². The number of nitrogens with zero attached hydrogens (tertiary/aromatic N) is 2. The Kier molecular flexibility index (Phi) is 3.83. The van der Waals surface area contributed by atoms with E-state index in [1.54, 1.807) is 0 Å². The number of aryl methyl sites for hydroxylation is 3. The first kappa shape index (κ1) is 16.8. The topological polar surface area (TPSA) is 29.9 Å². The number of rotatable bonds is 2. The Morgan fingerprint density at radius 2 is 1.71 bits per heavy atom. The van der Waals surface area contributed by atoms with E-state index in [1.807, 2.05) is 6.07 Å². The number of nitrogens with one attached hydrogen (secondary N) is 1. The van der Waals surface area contributed by atoms with Gasteiger partial charge in [-0.25, -0.2) is 4.98 Å². The molecule has 0 saturated carbocycles. The first-order valence-electron chi connectivity index (χ1n) is 9.70. The molecule has 1 aliphatic rings. The van der Waals surface area contributed by atoms with Crippen molar-refractivity contribution in [2.45, 2.75) is 26.8 Å². The Balaban J connectivity index is 1.72. The molecule has 0 spiro atoms. The second kappa shape index (κ2) is 6.38. The van der Waals surface area contributed by atoms with E-state index >= 15 is 0 Å². The molecular formula is C25H23N3. The molecule has 138 valence electrons. The van der Waals surface area contributed by atoms with Gasteiger partial charge in [0.25, 0.3) is 0 Å². The lowest BCUT2D eigenvalue weighted by atomic mass is 9.98. The van der Waals surface area contributed by atoms with Crippen LogP contribution >= 0.6 is 0 Å². The van der Waals surface area contributed by atoms with E-state index in [-0.39, 0.29) is 6.04 Å². The van der Waals surface area contributed by atoms with Crippen LogP contribution in [0.25, 0.3) is 16.7 Å². The molecule has 1 atom stereocenters. The maximum absolute atomic E-state index is 4.88. The first-order chi connectivity index (χ1) is 13.6. The molecule has 1 N–H and O–H groups in total. The molecule has 0 bridgehead atoms. The number of allylic oxidation sites excluding steroid dienone is 1. The van der Waals surface area contributed by atoms with Gasteiger partial charge in [0.2, 0.25) is 5.95 Å². The normalized spacial score (nSPS) is 15.8. The van der Waals surface area contributed by atoms with Crippen LogP contribution in [0.4, 0.5) is 5.95 Å². The minimum Gasteiger partial charge on any atom is -0.325 e. The summed E-state index contributed by atoms with van der Waals surface area (Å²) in [5, 5.41) is 3.58. The lowest BCUT2D eigenvalue weighted by Crippen LogP contribution is -2.19. The van der Waals surface area contributed by atoms with Gasteiger partial charge in [0.15, 0.2) is 0 Å². The standard InChI is InChI=1S/C25H23N3/c1-16-7-6-8-20(13-16)24-15-22(19-12-11-17(2)18(3)14-19)27-25-26-21-9-4-5-10-23(21)28(24)25/h4-15,24H,1-3H3,(H,26,27)/t24-/m1/s1. The van der Waals surface area contributed by atoms with E-state index in [9.17, 15) is 0 Å². The third-order valence-electron chi connectivity index (χ3n) is 5.65. The van der Waals surface area contributed by atoms with Crippen molar-refractivity contribution in [3.8, 4) is 0 Å². The summed E-state index contributed by atoms with van der Waals surface area (Å²) in [5.41, 5.74) is 9.60. The number of benzene rings is 3. The van der Waals surface area contributed by atoms with Gasteiger partial charge in [0.1, 0.15) is 0 Å². The van der Waals surface area contributed by atoms with Crippen LogP contribution in [0.3, 0.4) is 0 Å². The second-order valence-corrected chi connectivity index (χ2v) is 7.66. The highest BCUT2D eigenvalue weighted by atomic mass is 15.2. The Morgan fingerprint density at radius 1 is 0.857 bits per heavy atom. The number of hydrogen-bond acceptors (Lipinski definition) is 2. The van der Waals surface area contributed by atoms with Crippen molar-refractivity contribution in [1.29, 1.82) is 0 Å². The molecule has 0 fully saturated rings. The fourth-order valence-corrected chi connectivity index (χ4v) is 3.99. The molecule has 2 heterocycles. The average molecular weight is 365 g/mol. The molecule has 3 aromatic carbocycles. The van der Waals surface area contributed by atoms with Crippen molar-refractivity contribution in [3.63, 3.8) is 0 Å². The summed E-state index contributed by atoms with van der Waals surface area (Å²) < 4.78 is 2.30. The third-order valence-corrected chi connectivity index (χ3v) is 5.65. The summed E-state index contributed by atoms with van der Waals surface area (Å²) in [6.45, 7) is 6.46. The maximum atomic E-state index is 4.88. The fraction of sp³-hybridized carbons (Fsp3) is 0.160. The monoisotopic (exact) mass is 365 g/mol. The van der Waals surface area contributed by atoms with Gasteiger partial charge in [0.05, 0.1) is 17.1 Å². The van der Waals surface area contributed by atoms with Crippen molar-refractivity contribution < 1.29 is 0 Å². The van der Waals surface area contributed by atoms with Gasteiger partial charge < -0.3 is 5.32 Å². The number of anilines is 1. The van der Waals surface area contributed by atoms with Crippen LogP contribution in [-0.2, 0) is 0 Å². The zero-order valence-electron chi connectivity index (χ0n) is 16.4. The quantitative estimate of drug-likeness (QED) is 0.471. The van der Waals surface area contributed by atoms with Crippen LogP contribution in [0.2, 0.25) is 0 Å². The van der Waals surface area contributed by atoms with Crippen molar-refractivity contribution in [2.24, 2.45) is 0 Å². The molecule has 4 aromatic rings. The lowest BCUT2D eigenvalue weighted by Gasteiger charge is -2.27. The molecule has 1 aromatic heterocycles. The molecule has 0 unspecified atom stereocenters. The van der Waals surface area contributed by atoms with Gasteiger partial charge in [0, 0.05) is 5.70 Å². The summed E-state index contributed by atoms with van der Waals surface area (Å²) >= 11 is 0. The predicted molar refractivity (Wildman–Crippen MR) is 117 cm³/mol. The van der Waals surface area contributed by atoms with E-state index in [0.29, 0.717) is 0 Å². The molecule has 3 heteroatoms. The summed E-state index contributed by atoms with van der Waals surface area (Å²) in [4.78, 5) is 4.88. The fourth-order valence-electron chi connectivity index (χ4n) is 3.99. The Labute approximate surface area is 165 Å². The van der Waals surface area contributed by atoms with Crippen LogP contribution in [0.5, 0.6) is 0 Å². The molecule has 0 aliphatic carbocycles. The summed E-state index contributed by atoms with van der Waals surface area (Å²) in [6.07, 6.45) is 2.32. The van der Waals surface area contributed by atoms with E-state index in [0.717, 1.165) is 22.7 Å². The molecule has 3 nitrogen and oxygen atoms in total. The highest BCUT2D eigenvalue weighted by molar-refractivity contribution is 5.85. The number of imidazole rings is 1. The molecular weight excluding hydrogens is 342 g/mol. The Morgan fingerprint density at radius 3 is 2.54 bits per heavy atom. The minimum absolute atomic E-state index is 0.0974. The Bertz CT molecular complexity index is 1230. The molecule has 0 amide bonds. The van der Waals surface area contributed by atoms with E-state index in [4.69, 9.17) is 4.98 Å². The molecule has 28 heavy (non-hydrogen) atoms. The average Bonchev–Trinajstić information content (AvgIpc) is 3.08. The van der Waals surface area contributed by atoms with Crippen LogP contribution in [0, 0.1) is 20.8 Å². The zero-order chi connectivity index (χ0) is 19.3. The number of aromatic nitrogens is 2. The predicted octanol–water partition coefficient (Wildman–Crippen LogP) is 6.02. The summed E-state index contributed by atoms with van der Waals surface area (Å²) in [7, 11) is 0. The summed E-state index contributed by atoms with van der Waals surface area (Å²) in [6, 6.07) is 23.8. The lowest BCUT2D eigenvalue weighted by molar-refractivity contribution is 0.720. The van der Waals surface area contributed by atoms with Gasteiger partial charge >= 0.3 is 0 Å². The molecule has 0 saturated heterocycles. The highest BCUT2D eigenvalue weighted by Gasteiger charge is 2.25. The third kappa shape index (κ3) is 2.71. The second-order valence-electron chi connectivity index (χ2n) is 7.66. The van der Waals surface area contributed by atoms with Crippen LogP contribution in [0.1, 0.15) is 33.9 Å².